The van der Waals surface area contributed by atoms with Gasteiger partial charge in [0.25, 0.3) is 0 Å². The van der Waals surface area contributed by atoms with Crippen molar-refractivity contribution in [2.45, 2.75) is 51.6 Å². The first-order valence-electron chi connectivity index (χ1n) is 5.09. The Labute approximate surface area is 75.2 Å². The molecule has 0 saturated heterocycles. The number of nitrogens with one attached hydrogen (secondary N) is 1. The van der Waals surface area contributed by atoms with E-state index in [0.717, 1.165) is 12.1 Å². The number of hydrogen-bond acceptors (Lipinski definition) is 1. The van der Waals surface area contributed by atoms with Crippen molar-refractivity contribution in [3.05, 3.63) is 12.2 Å². The zero-order chi connectivity index (χ0) is 8.60. The minimum absolute atomic E-state index is 0.558. The van der Waals surface area contributed by atoms with Crippen LogP contribution in [0.1, 0.15) is 39.5 Å². The second kappa shape index (κ2) is 2.88. The van der Waals surface area contributed by atoms with Gasteiger partial charge in [0.2, 0.25) is 0 Å². The summed E-state index contributed by atoms with van der Waals surface area (Å²) in [6.07, 6.45) is 9.85. The average Bonchev–Trinajstić information content (AvgIpc) is 2.50. The zero-order valence-corrected chi connectivity index (χ0v) is 8.14. The van der Waals surface area contributed by atoms with Crippen molar-refractivity contribution < 1.29 is 0 Å². The van der Waals surface area contributed by atoms with Gasteiger partial charge in [0.15, 0.2) is 0 Å². The van der Waals surface area contributed by atoms with Gasteiger partial charge in [-0.1, -0.05) is 26.0 Å². The van der Waals surface area contributed by atoms with Crippen LogP contribution in [0.2, 0.25) is 0 Å². The largest absolute Gasteiger partial charge is 0.310 e. The molecule has 2 aliphatic carbocycles. The van der Waals surface area contributed by atoms with Crippen LogP contribution in [0.25, 0.3) is 0 Å². The van der Waals surface area contributed by atoms with Gasteiger partial charge in [0.1, 0.15) is 0 Å². The van der Waals surface area contributed by atoms with Crippen LogP contribution in [0, 0.1) is 5.41 Å². The molecule has 0 heterocycles. The highest BCUT2D eigenvalue weighted by Gasteiger charge is 2.39. The van der Waals surface area contributed by atoms with E-state index in [1.54, 1.807) is 0 Å². The van der Waals surface area contributed by atoms with E-state index in [1.165, 1.54) is 25.7 Å². The van der Waals surface area contributed by atoms with E-state index in [9.17, 15) is 0 Å². The first-order valence-corrected chi connectivity index (χ1v) is 5.09. The molecule has 0 spiro atoms. The summed E-state index contributed by atoms with van der Waals surface area (Å²) in [5, 5.41) is 3.74. The molecule has 0 aromatic carbocycles. The number of rotatable bonds is 2. The monoisotopic (exact) mass is 165 g/mol. The summed E-state index contributed by atoms with van der Waals surface area (Å²) >= 11 is 0. The molecule has 1 nitrogen and oxygen atoms in total. The Kier molecular flexibility index (Phi) is 1.99. The lowest BCUT2D eigenvalue weighted by atomic mass is 9.67. The fraction of sp³-hybridized carbons (Fsp3) is 0.818. The minimum atomic E-state index is 0.558. The maximum Gasteiger partial charge on any atom is 0.0139 e. The smallest absolute Gasteiger partial charge is 0.0139 e. The lowest BCUT2D eigenvalue weighted by molar-refractivity contribution is 0.0991. The normalized spacial score (nSPS) is 33.7. The van der Waals surface area contributed by atoms with Gasteiger partial charge < -0.3 is 5.32 Å². The van der Waals surface area contributed by atoms with Crippen molar-refractivity contribution in [2.75, 3.05) is 0 Å². The zero-order valence-electron chi connectivity index (χ0n) is 8.14. The average molecular weight is 165 g/mol. The van der Waals surface area contributed by atoms with Crippen LogP contribution in [0.15, 0.2) is 12.2 Å². The Balaban J connectivity index is 1.80. The SMILES string of the molecule is CC1(C)CCC1NC1CC=CC1. The standard InChI is InChI=1S/C11H19N/c1-11(2)8-7-10(11)12-9-5-3-4-6-9/h3-4,9-10,12H,5-8H2,1-2H3. The molecule has 12 heavy (non-hydrogen) atoms. The van der Waals surface area contributed by atoms with E-state index in [-0.39, 0.29) is 0 Å². The van der Waals surface area contributed by atoms with Gasteiger partial charge in [0, 0.05) is 12.1 Å². The van der Waals surface area contributed by atoms with Gasteiger partial charge in [-0.25, -0.2) is 0 Å². The maximum absolute atomic E-state index is 3.74. The third kappa shape index (κ3) is 1.42. The molecule has 0 bridgehead atoms. The molecule has 0 aromatic heterocycles. The van der Waals surface area contributed by atoms with Crippen molar-refractivity contribution in [3.63, 3.8) is 0 Å². The Morgan fingerprint density at radius 2 is 1.92 bits per heavy atom. The Hall–Kier alpha value is -0.300. The lowest BCUT2D eigenvalue weighted by Crippen LogP contribution is -2.52. The van der Waals surface area contributed by atoms with E-state index < -0.39 is 0 Å². The first-order chi connectivity index (χ1) is 5.68. The van der Waals surface area contributed by atoms with E-state index in [2.05, 4.69) is 31.3 Å². The molecule has 0 amide bonds. The molecule has 0 aromatic rings. The summed E-state index contributed by atoms with van der Waals surface area (Å²) < 4.78 is 0. The van der Waals surface area contributed by atoms with Crippen molar-refractivity contribution in [3.8, 4) is 0 Å². The molecular weight excluding hydrogens is 146 g/mol. The molecular formula is C11H19N. The van der Waals surface area contributed by atoms with E-state index in [0.29, 0.717) is 5.41 Å². The van der Waals surface area contributed by atoms with Crippen LogP contribution in [0.5, 0.6) is 0 Å². The molecule has 68 valence electrons. The number of hydrogen-bond donors (Lipinski definition) is 1. The van der Waals surface area contributed by atoms with Crippen molar-refractivity contribution in [1.29, 1.82) is 0 Å². The van der Waals surface area contributed by atoms with E-state index >= 15 is 0 Å². The topological polar surface area (TPSA) is 12.0 Å². The predicted molar refractivity (Wildman–Crippen MR) is 52.1 cm³/mol. The second-order valence-corrected chi connectivity index (χ2v) is 4.89. The molecule has 1 saturated carbocycles. The maximum atomic E-state index is 3.74. The molecule has 1 unspecified atom stereocenters. The lowest BCUT2D eigenvalue weighted by Gasteiger charge is -2.46. The third-order valence-corrected chi connectivity index (χ3v) is 3.47. The van der Waals surface area contributed by atoms with Crippen LogP contribution in [0.4, 0.5) is 0 Å². The molecule has 0 aliphatic heterocycles. The fourth-order valence-corrected chi connectivity index (χ4v) is 2.21. The highest BCUT2D eigenvalue weighted by Crippen LogP contribution is 2.40. The Morgan fingerprint density at radius 1 is 1.25 bits per heavy atom. The van der Waals surface area contributed by atoms with Crippen LogP contribution < -0.4 is 5.32 Å². The van der Waals surface area contributed by atoms with Crippen LogP contribution in [0.3, 0.4) is 0 Å². The summed E-state index contributed by atoms with van der Waals surface area (Å²) in [6.45, 7) is 4.74. The van der Waals surface area contributed by atoms with Gasteiger partial charge in [-0.3, -0.25) is 0 Å². The highest BCUT2D eigenvalue weighted by atomic mass is 15.0. The van der Waals surface area contributed by atoms with Gasteiger partial charge in [0.05, 0.1) is 0 Å². The fourth-order valence-electron chi connectivity index (χ4n) is 2.21. The summed E-state index contributed by atoms with van der Waals surface area (Å²) in [5.41, 5.74) is 0.558. The van der Waals surface area contributed by atoms with Crippen LogP contribution >= 0.6 is 0 Å². The molecule has 0 radical (unpaired) electrons. The third-order valence-electron chi connectivity index (χ3n) is 3.47. The molecule has 1 N–H and O–H groups in total. The van der Waals surface area contributed by atoms with Crippen molar-refractivity contribution in [1.82, 2.24) is 5.32 Å². The van der Waals surface area contributed by atoms with Crippen LogP contribution in [-0.4, -0.2) is 12.1 Å². The Bertz CT molecular complexity index is 185. The molecule has 1 heteroatoms. The highest BCUT2D eigenvalue weighted by molar-refractivity contribution is 5.02. The van der Waals surface area contributed by atoms with Gasteiger partial charge in [-0.2, -0.15) is 0 Å². The van der Waals surface area contributed by atoms with Crippen molar-refractivity contribution in [2.24, 2.45) is 5.41 Å². The quantitative estimate of drug-likeness (QED) is 0.620. The van der Waals surface area contributed by atoms with Crippen LogP contribution in [-0.2, 0) is 0 Å². The molecule has 2 rings (SSSR count). The van der Waals surface area contributed by atoms with Gasteiger partial charge in [-0.15, -0.1) is 0 Å². The Morgan fingerprint density at radius 3 is 2.33 bits per heavy atom. The second-order valence-electron chi connectivity index (χ2n) is 4.89. The van der Waals surface area contributed by atoms with Gasteiger partial charge >= 0.3 is 0 Å². The molecule has 1 fully saturated rings. The molecule has 2 aliphatic rings. The first kappa shape index (κ1) is 8.31. The molecule has 1 atom stereocenters. The van der Waals surface area contributed by atoms with Gasteiger partial charge in [-0.05, 0) is 31.1 Å². The van der Waals surface area contributed by atoms with Crippen molar-refractivity contribution >= 4 is 0 Å². The van der Waals surface area contributed by atoms with E-state index in [1.807, 2.05) is 0 Å². The summed E-state index contributed by atoms with van der Waals surface area (Å²) in [7, 11) is 0. The summed E-state index contributed by atoms with van der Waals surface area (Å²) in [5.74, 6) is 0. The minimum Gasteiger partial charge on any atom is -0.310 e. The predicted octanol–water partition coefficient (Wildman–Crippen LogP) is 2.48. The summed E-state index contributed by atoms with van der Waals surface area (Å²) in [6, 6.07) is 1.52. The summed E-state index contributed by atoms with van der Waals surface area (Å²) in [4.78, 5) is 0. The van der Waals surface area contributed by atoms with E-state index in [4.69, 9.17) is 0 Å².